The number of urea groups is 1. The van der Waals surface area contributed by atoms with Crippen molar-refractivity contribution in [3.8, 4) is 0 Å². The summed E-state index contributed by atoms with van der Waals surface area (Å²) in [6.07, 6.45) is 6.74. The van der Waals surface area contributed by atoms with Crippen molar-refractivity contribution in [2.45, 2.75) is 44.7 Å². The lowest BCUT2D eigenvalue weighted by Crippen LogP contribution is -2.52. The lowest BCUT2D eigenvalue weighted by molar-refractivity contribution is -0.140. The summed E-state index contributed by atoms with van der Waals surface area (Å²) in [7, 11) is 0. The van der Waals surface area contributed by atoms with Crippen LogP contribution in [0.25, 0.3) is 0 Å². The molecule has 1 N–H and O–H groups in total. The predicted molar refractivity (Wildman–Crippen MR) is 107 cm³/mol. The number of nitrogens with zero attached hydrogens (tertiary/aromatic N) is 4. The number of nitrogens with one attached hydrogen (secondary N) is 1. The first-order valence-electron chi connectivity index (χ1n) is 10.5. The average molecular weight is 399 g/mol. The Balaban J connectivity index is 1.30. The SMILES string of the molecule is CC1CCC2(CC1)NC(=O)N(CC(=O)N1CCN(Cc3ccncc3)CC1)C2=O. The Bertz CT molecular complexity index is 768. The molecule has 29 heavy (non-hydrogen) atoms. The van der Waals surface area contributed by atoms with Gasteiger partial charge < -0.3 is 10.2 Å². The van der Waals surface area contributed by atoms with Gasteiger partial charge in [0.2, 0.25) is 5.91 Å². The van der Waals surface area contributed by atoms with Gasteiger partial charge in [-0.3, -0.25) is 24.4 Å². The van der Waals surface area contributed by atoms with Crippen molar-refractivity contribution < 1.29 is 14.4 Å². The molecule has 0 bridgehead atoms. The van der Waals surface area contributed by atoms with Gasteiger partial charge >= 0.3 is 6.03 Å². The van der Waals surface area contributed by atoms with Crippen molar-refractivity contribution in [2.24, 2.45) is 5.92 Å². The second kappa shape index (κ2) is 8.10. The maximum absolute atomic E-state index is 12.9. The maximum atomic E-state index is 12.9. The summed E-state index contributed by atoms with van der Waals surface area (Å²) in [5.41, 5.74) is 0.416. The number of carbonyl (C=O) groups excluding carboxylic acids is 3. The van der Waals surface area contributed by atoms with Crippen LogP contribution in [0.2, 0.25) is 0 Å². The zero-order valence-corrected chi connectivity index (χ0v) is 17.0. The second-order valence-corrected chi connectivity index (χ2v) is 8.60. The van der Waals surface area contributed by atoms with E-state index in [1.165, 1.54) is 5.56 Å². The van der Waals surface area contributed by atoms with Crippen molar-refractivity contribution in [1.29, 1.82) is 0 Å². The van der Waals surface area contributed by atoms with E-state index >= 15 is 0 Å². The van der Waals surface area contributed by atoms with E-state index in [1.807, 2.05) is 12.1 Å². The first-order valence-corrected chi connectivity index (χ1v) is 10.5. The Morgan fingerprint density at radius 1 is 1.14 bits per heavy atom. The fraction of sp³-hybridized carbons (Fsp3) is 0.619. The zero-order valence-electron chi connectivity index (χ0n) is 17.0. The minimum atomic E-state index is -0.785. The molecule has 0 radical (unpaired) electrons. The Labute approximate surface area is 171 Å². The van der Waals surface area contributed by atoms with Gasteiger partial charge in [-0.1, -0.05) is 6.92 Å². The highest BCUT2D eigenvalue weighted by Crippen LogP contribution is 2.36. The number of hydrogen-bond donors (Lipinski definition) is 1. The molecule has 3 aliphatic rings. The lowest BCUT2D eigenvalue weighted by atomic mass is 9.77. The van der Waals surface area contributed by atoms with Crippen molar-refractivity contribution >= 4 is 17.8 Å². The fourth-order valence-electron chi connectivity index (χ4n) is 4.55. The van der Waals surface area contributed by atoms with E-state index in [1.54, 1.807) is 17.3 Å². The van der Waals surface area contributed by atoms with Crippen molar-refractivity contribution in [1.82, 2.24) is 25.0 Å². The van der Waals surface area contributed by atoms with E-state index in [9.17, 15) is 14.4 Å². The molecule has 2 saturated heterocycles. The number of hydrogen-bond acceptors (Lipinski definition) is 5. The Hall–Kier alpha value is -2.48. The minimum Gasteiger partial charge on any atom is -0.339 e. The summed E-state index contributed by atoms with van der Waals surface area (Å²) >= 11 is 0. The van der Waals surface area contributed by atoms with Crippen LogP contribution in [-0.4, -0.2) is 75.8 Å². The molecule has 1 aromatic rings. The number of piperazine rings is 1. The zero-order chi connectivity index (χ0) is 20.4. The van der Waals surface area contributed by atoms with E-state index in [0.717, 1.165) is 37.4 Å². The molecule has 3 heterocycles. The van der Waals surface area contributed by atoms with Gasteiger partial charge in [-0.25, -0.2) is 4.79 Å². The lowest BCUT2D eigenvalue weighted by Gasteiger charge is -2.35. The average Bonchev–Trinajstić information content (AvgIpc) is 2.96. The third kappa shape index (κ3) is 4.12. The summed E-state index contributed by atoms with van der Waals surface area (Å²) in [5.74, 6) is 0.196. The molecule has 0 atom stereocenters. The summed E-state index contributed by atoms with van der Waals surface area (Å²) < 4.78 is 0. The van der Waals surface area contributed by atoms with Gasteiger partial charge in [0.15, 0.2) is 0 Å². The van der Waals surface area contributed by atoms with Gasteiger partial charge in [-0.2, -0.15) is 0 Å². The van der Waals surface area contributed by atoms with Crippen LogP contribution in [0.3, 0.4) is 0 Å². The standard InChI is InChI=1S/C21H29N5O3/c1-16-2-6-21(7-3-16)19(28)26(20(29)23-21)15-18(27)25-12-10-24(11-13-25)14-17-4-8-22-9-5-17/h4-5,8-9,16H,2-3,6-7,10-15H2,1H3,(H,23,29). The largest absolute Gasteiger partial charge is 0.339 e. The van der Waals surface area contributed by atoms with E-state index in [0.29, 0.717) is 31.8 Å². The van der Waals surface area contributed by atoms with E-state index in [2.05, 4.69) is 22.1 Å². The van der Waals surface area contributed by atoms with Crippen LogP contribution < -0.4 is 5.32 Å². The fourth-order valence-corrected chi connectivity index (χ4v) is 4.55. The molecule has 4 amide bonds. The van der Waals surface area contributed by atoms with Gasteiger partial charge in [-0.05, 0) is 49.3 Å². The molecule has 0 aromatic carbocycles. The number of amides is 4. The van der Waals surface area contributed by atoms with Crippen LogP contribution in [0.15, 0.2) is 24.5 Å². The number of carbonyl (C=O) groups is 3. The van der Waals surface area contributed by atoms with Crippen molar-refractivity contribution in [2.75, 3.05) is 32.7 Å². The van der Waals surface area contributed by atoms with Crippen LogP contribution in [0.4, 0.5) is 4.79 Å². The molecule has 4 rings (SSSR count). The van der Waals surface area contributed by atoms with Gasteiger partial charge in [0.25, 0.3) is 5.91 Å². The maximum Gasteiger partial charge on any atom is 0.325 e. The summed E-state index contributed by atoms with van der Waals surface area (Å²) in [5, 5.41) is 2.89. The van der Waals surface area contributed by atoms with Crippen LogP contribution in [0.5, 0.6) is 0 Å². The quantitative estimate of drug-likeness (QED) is 0.770. The van der Waals surface area contributed by atoms with Crippen molar-refractivity contribution in [3.63, 3.8) is 0 Å². The molecule has 0 unspecified atom stereocenters. The van der Waals surface area contributed by atoms with Crippen LogP contribution in [0, 0.1) is 5.92 Å². The third-order valence-electron chi connectivity index (χ3n) is 6.55. The van der Waals surface area contributed by atoms with Crippen molar-refractivity contribution in [3.05, 3.63) is 30.1 Å². The summed E-state index contributed by atoms with van der Waals surface area (Å²) in [6.45, 7) is 5.60. The first kappa shape index (κ1) is 19.8. The number of rotatable bonds is 4. The van der Waals surface area contributed by atoms with Gasteiger partial charge in [-0.15, -0.1) is 0 Å². The van der Waals surface area contributed by atoms with Gasteiger partial charge in [0.1, 0.15) is 12.1 Å². The predicted octanol–water partition coefficient (Wildman–Crippen LogP) is 1.23. The number of aromatic nitrogens is 1. The molecule has 3 fully saturated rings. The number of imide groups is 1. The van der Waals surface area contributed by atoms with Crippen LogP contribution in [-0.2, 0) is 16.1 Å². The Kier molecular flexibility index (Phi) is 5.54. The van der Waals surface area contributed by atoms with Gasteiger partial charge in [0.05, 0.1) is 0 Å². The van der Waals surface area contributed by atoms with E-state index in [-0.39, 0.29) is 18.4 Å². The molecular weight excluding hydrogens is 370 g/mol. The molecular formula is C21H29N5O3. The van der Waals surface area contributed by atoms with E-state index in [4.69, 9.17) is 0 Å². The molecule has 1 spiro atoms. The minimum absolute atomic E-state index is 0.154. The summed E-state index contributed by atoms with van der Waals surface area (Å²) in [6, 6.07) is 3.57. The molecule has 1 saturated carbocycles. The molecule has 1 aromatic heterocycles. The number of pyridine rings is 1. The van der Waals surface area contributed by atoms with Crippen LogP contribution >= 0.6 is 0 Å². The topological polar surface area (TPSA) is 85.8 Å². The third-order valence-corrected chi connectivity index (χ3v) is 6.55. The highest BCUT2D eigenvalue weighted by Gasteiger charge is 2.52. The second-order valence-electron chi connectivity index (χ2n) is 8.60. The smallest absolute Gasteiger partial charge is 0.325 e. The summed E-state index contributed by atoms with van der Waals surface area (Å²) in [4.78, 5) is 47.3. The van der Waals surface area contributed by atoms with Gasteiger partial charge in [0, 0.05) is 45.1 Å². The Morgan fingerprint density at radius 3 is 2.45 bits per heavy atom. The Morgan fingerprint density at radius 2 is 1.79 bits per heavy atom. The molecule has 2 aliphatic heterocycles. The first-order chi connectivity index (χ1) is 14.0. The van der Waals surface area contributed by atoms with E-state index < -0.39 is 11.6 Å². The highest BCUT2D eigenvalue weighted by molar-refractivity contribution is 6.09. The highest BCUT2D eigenvalue weighted by atomic mass is 16.2. The van der Waals surface area contributed by atoms with Crippen LogP contribution in [0.1, 0.15) is 38.2 Å². The monoisotopic (exact) mass is 399 g/mol. The molecule has 8 nitrogen and oxygen atoms in total. The normalized spacial score (nSPS) is 28.1. The molecule has 1 aliphatic carbocycles. The molecule has 156 valence electrons. The molecule has 8 heteroatoms.